The van der Waals surface area contributed by atoms with Gasteiger partial charge in [-0.15, -0.1) is 0 Å². The van der Waals surface area contributed by atoms with Gasteiger partial charge in [-0.05, 0) is 45.4 Å². The number of fused-ring (bicyclic) bond motifs is 1. The number of nitrogens with zero attached hydrogens (tertiary/aromatic N) is 1. The van der Waals surface area contributed by atoms with Crippen LogP contribution in [0.5, 0.6) is 0 Å². The van der Waals surface area contributed by atoms with E-state index in [1.54, 1.807) is 12.3 Å². The van der Waals surface area contributed by atoms with E-state index in [9.17, 15) is 4.39 Å². The van der Waals surface area contributed by atoms with Gasteiger partial charge in [0.1, 0.15) is 10.4 Å². The average Bonchev–Trinajstić information content (AvgIpc) is 2.19. The van der Waals surface area contributed by atoms with Crippen LogP contribution in [0.1, 0.15) is 12.5 Å². The first-order valence-corrected chi connectivity index (χ1v) is 5.25. The highest BCUT2D eigenvalue weighted by molar-refractivity contribution is 9.10. The lowest BCUT2D eigenvalue weighted by Gasteiger charge is -2.06. The lowest BCUT2D eigenvalue weighted by atomic mass is 10.0. The minimum atomic E-state index is -0.159. The van der Waals surface area contributed by atoms with Gasteiger partial charge in [0.2, 0.25) is 0 Å². The first kappa shape index (κ1) is 9.59. The minimum absolute atomic E-state index is 0.159. The van der Waals surface area contributed by atoms with Crippen LogP contribution >= 0.6 is 15.9 Å². The number of aryl methyl sites for hydroxylation is 1. The number of benzene rings is 1. The Labute approximate surface area is 90.1 Å². The molecule has 2 rings (SSSR count). The van der Waals surface area contributed by atoms with Crippen LogP contribution in [-0.4, -0.2) is 4.98 Å². The Bertz CT molecular complexity index is 482. The highest BCUT2D eigenvalue weighted by Crippen LogP contribution is 2.27. The second-order valence-corrected chi connectivity index (χ2v) is 3.83. The molecule has 2 aromatic rings. The molecule has 0 saturated carbocycles. The fourth-order valence-electron chi connectivity index (χ4n) is 1.62. The minimum Gasteiger partial charge on any atom is -0.249 e. The Kier molecular flexibility index (Phi) is 2.50. The summed E-state index contributed by atoms with van der Waals surface area (Å²) in [5.74, 6) is -0.159. The molecule has 14 heavy (non-hydrogen) atoms. The zero-order chi connectivity index (χ0) is 10.1. The van der Waals surface area contributed by atoms with Gasteiger partial charge in [-0.2, -0.15) is 0 Å². The number of halogens is 2. The standard InChI is InChI=1S/C11H9BrFN/c1-2-8-9(13)4-3-7-5-6-14-11(12)10(7)8/h3-6H,2H2,1H3. The molecule has 0 aliphatic rings. The van der Waals surface area contributed by atoms with Gasteiger partial charge in [-0.3, -0.25) is 0 Å². The normalized spacial score (nSPS) is 10.8. The number of hydrogen-bond donors (Lipinski definition) is 0. The van der Waals surface area contributed by atoms with Crippen LogP contribution in [0.2, 0.25) is 0 Å². The Morgan fingerprint density at radius 3 is 2.86 bits per heavy atom. The van der Waals surface area contributed by atoms with Gasteiger partial charge in [-0.1, -0.05) is 13.0 Å². The molecule has 0 aliphatic carbocycles. The summed E-state index contributed by atoms with van der Waals surface area (Å²) < 4.78 is 14.2. The molecule has 0 atom stereocenters. The summed E-state index contributed by atoms with van der Waals surface area (Å²) in [4.78, 5) is 4.11. The average molecular weight is 254 g/mol. The second-order valence-electron chi connectivity index (χ2n) is 3.08. The van der Waals surface area contributed by atoms with Gasteiger partial charge in [-0.25, -0.2) is 9.37 Å². The summed E-state index contributed by atoms with van der Waals surface area (Å²) in [7, 11) is 0. The third-order valence-corrected chi connectivity index (χ3v) is 2.89. The van der Waals surface area contributed by atoms with E-state index in [4.69, 9.17) is 0 Å². The van der Waals surface area contributed by atoms with E-state index < -0.39 is 0 Å². The van der Waals surface area contributed by atoms with Crippen LogP contribution in [-0.2, 0) is 6.42 Å². The van der Waals surface area contributed by atoms with E-state index in [0.29, 0.717) is 11.0 Å². The van der Waals surface area contributed by atoms with Gasteiger partial charge in [0, 0.05) is 11.6 Å². The lowest BCUT2D eigenvalue weighted by molar-refractivity contribution is 0.615. The molecule has 0 aliphatic heterocycles. The van der Waals surface area contributed by atoms with Crippen LogP contribution in [0.15, 0.2) is 29.0 Å². The smallest absolute Gasteiger partial charge is 0.127 e. The SMILES string of the molecule is CCc1c(F)ccc2ccnc(Br)c12. The predicted molar refractivity (Wildman–Crippen MR) is 58.8 cm³/mol. The number of rotatable bonds is 1. The molecule has 0 fully saturated rings. The van der Waals surface area contributed by atoms with Gasteiger partial charge in [0.25, 0.3) is 0 Å². The van der Waals surface area contributed by atoms with E-state index in [1.807, 2.05) is 13.0 Å². The van der Waals surface area contributed by atoms with Crippen molar-refractivity contribution in [1.82, 2.24) is 4.98 Å². The molecule has 1 aromatic carbocycles. The van der Waals surface area contributed by atoms with Crippen molar-refractivity contribution >= 4 is 26.7 Å². The van der Waals surface area contributed by atoms with Crippen LogP contribution in [0.4, 0.5) is 4.39 Å². The summed E-state index contributed by atoms with van der Waals surface area (Å²) in [6.45, 7) is 1.94. The molecule has 72 valence electrons. The Hall–Kier alpha value is -0.960. The van der Waals surface area contributed by atoms with Crippen molar-refractivity contribution in [2.24, 2.45) is 0 Å². The molecule has 0 radical (unpaired) electrons. The van der Waals surface area contributed by atoms with Crippen molar-refractivity contribution in [3.8, 4) is 0 Å². The van der Waals surface area contributed by atoms with Crippen LogP contribution in [0.25, 0.3) is 10.8 Å². The van der Waals surface area contributed by atoms with Gasteiger partial charge >= 0.3 is 0 Å². The molecule has 0 N–H and O–H groups in total. The van der Waals surface area contributed by atoms with Crippen molar-refractivity contribution in [3.63, 3.8) is 0 Å². The Morgan fingerprint density at radius 1 is 1.36 bits per heavy atom. The summed E-state index contributed by atoms with van der Waals surface area (Å²) >= 11 is 3.34. The lowest BCUT2D eigenvalue weighted by Crippen LogP contribution is -1.91. The topological polar surface area (TPSA) is 12.9 Å². The highest BCUT2D eigenvalue weighted by Gasteiger charge is 2.08. The Morgan fingerprint density at radius 2 is 2.14 bits per heavy atom. The van der Waals surface area contributed by atoms with Crippen molar-refractivity contribution in [1.29, 1.82) is 0 Å². The first-order valence-electron chi connectivity index (χ1n) is 4.45. The van der Waals surface area contributed by atoms with Crippen molar-refractivity contribution in [3.05, 3.63) is 40.4 Å². The number of hydrogen-bond acceptors (Lipinski definition) is 1. The fraction of sp³-hybridized carbons (Fsp3) is 0.182. The van der Waals surface area contributed by atoms with E-state index in [1.165, 1.54) is 6.07 Å². The molecule has 1 heterocycles. The first-order chi connectivity index (χ1) is 6.74. The van der Waals surface area contributed by atoms with Crippen molar-refractivity contribution in [2.45, 2.75) is 13.3 Å². The summed E-state index contributed by atoms with van der Waals surface area (Å²) in [5, 5.41) is 1.90. The van der Waals surface area contributed by atoms with E-state index >= 15 is 0 Å². The van der Waals surface area contributed by atoms with Gasteiger partial charge in [0.05, 0.1) is 0 Å². The molecule has 0 unspecified atom stereocenters. The third kappa shape index (κ3) is 1.42. The Balaban J connectivity index is 2.91. The van der Waals surface area contributed by atoms with Crippen LogP contribution in [0, 0.1) is 5.82 Å². The maximum Gasteiger partial charge on any atom is 0.127 e. The van der Waals surface area contributed by atoms with Crippen molar-refractivity contribution < 1.29 is 4.39 Å². The van der Waals surface area contributed by atoms with E-state index in [2.05, 4.69) is 20.9 Å². The number of aromatic nitrogens is 1. The van der Waals surface area contributed by atoms with Gasteiger partial charge < -0.3 is 0 Å². The summed E-state index contributed by atoms with van der Waals surface area (Å²) in [6.07, 6.45) is 2.39. The zero-order valence-corrected chi connectivity index (χ0v) is 9.31. The monoisotopic (exact) mass is 253 g/mol. The van der Waals surface area contributed by atoms with Gasteiger partial charge in [0.15, 0.2) is 0 Å². The second kappa shape index (κ2) is 3.65. The molecule has 3 heteroatoms. The maximum absolute atomic E-state index is 13.5. The quantitative estimate of drug-likeness (QED) is 0.707. The fourth-order valence-corrected chi connectivity index (χ4v) is 2.20. The van der Waals surface area contributed by atoms with E-state index in [-0.39, 0.29) is 5.82 Å². The molecule has 0 bridgehead atoms. The largest absolute Gasteiger partial charge is 0.249 e. The summed E-state index contributed by atoms with van der Waals surface area (Å²) in [5.41, 5.74) is 0.725. The molecular weight excluding hydrogens is 245 g/mol. The summed E-state index contributed by atoms with van der Waals surface area (Å²) in [6, 6.07) is 5.17. The molecule has 0 saturated heterocycles. The molecule has 1 nitrogen and oxygen atoms in total. The van der Waals surface area contributed by atoms with Crippen LogP contribution < -0.4 is 0 Å². The predicted octanol–water partition coefficient (Wildman–Crippen LogP) is 3.70. The molecule has 1 aromatic heterocycles. The van der Waals surface area contributed by atoms with Crippen molar-refractivity contribution in [2.75, 3.05) is 0 Å². The van der Waals surface area contributed by atoms with Crippen LogP contribution in [0.3, 0.4) is 0 Å². The molecular formula is C11H9BrFN. The highest BCUT2D eigenvalue weighted by atomic mass is 79.9. The molecule has 0 spiro atoms. The maximum atomic E-state index is 13.5. The molecule has 0 amide bonds. The van der Waals surface area contributed by atoms with E-state index in [0.717, 1.165) is 16.3 Å². The number of pyridine rings is 1. The zero-order valence-electron chi connectivity index (χ0n) is 7.72. The third-order valence-electron chi connectivity index (χ3n) is 2.29.